The third-order valence-corrected chi connectivity index (χ3v) is 6.45. The first kappa shape index (κ1) is 19.8. The Hall–Kier alpha value is -1.97. The molecule has 1 amide bonds. The van der Waals surface area contributed by atoms with Crippen LogP contribution in [0.3, 0.4) is 0 Å². The molecule has 9 heteroatoms. The molecule has 0 atom stereocenters. The summed E-state index contributed by atoms with van der Waals surface area (Å²) < 4.78 is 27.1. The van der Waals surface area contributed by atoms with Crippen molar-refractivity contribution in [3.8, 4) is 0 Å². The molecule has 0 saturated carbocycles. The molecule has 27 heavy (non-hydrogen) atoms. The first-order valence-corrected chi connectivity index (χ1v) is 10.8. The summed E-state index contributed by atoms with van der Waals surface area (Å²) >= 11 is 4.05. The minimum atomic E-state index is -0.283. The molecule has 1 N–H and O–H groups in total. The Kier molecular flexibility index (Phi) is 7.19. The number of nitrogens with zero attached hydrogens (tertiary/aromatic N) is 2. The second-order valence-corrected chi connectivity index (χ2v) is 8.70. The van der Waals surface area contributed by atoms with E-state index in [0.717, 1.165) is 9.90 Å². The molecule has 0 fully saturated rings. The molecule has 0 radical (unpaired) electrons. The molecule has 0 unspecified atom stereocenters. The lowest BCUT2D eigenvalue weighted by molar-refractivity contribution is -0.115. The number of hydrogen-bond donors (Lipinski definition) is 1. The van der Waals surface area contributed by atoms with Crippen molar-refractivity contribution >= 4 is 45.9 Å². The number of thioether (sulfide) groups is 2. The standard InChI is InChI=1S/C18H15F2N3OS3/c19-13-7-5-12(6-8-13)11-26-18-23-22-17(27-18)21-16(24)9-10-25-15-4-2-1-3-14(15)20/h1-8H,9-11H2,(H,21,22,24). The zero-order chi connectivity index (χ0) is 19.1. The van der Waals surface area contributed by atoms with Crippen LogP contribution in [-0.2, 0) is 10.5 Å². The van der Waals surface area contributed by atoms with Crippen LogP contribution in [0, 0.1) is 11.6 Å². The van der Waals surface area contributed by atoms with Gasteiger partial charge in [0.15, 0.2) is 4.34 Å². The summed E-state index contributed by atoms with van der Waals surface area (Å²) in [6, 6.07) is 12.8. The zero-order valence-corrected chi connectivity index (χ0v) is 16.5. The molecule has 1 aromatic heterocycles. The number of carbonyl (C=O) groups excluding carboxylic acids is 1. The lowest BCUT2D eigenvalue weighted by atomic mass is 10.2. The molecular formula is C18H15F2N3OS3. The van der Waals surface area contributed by atoms with Crippen molar-refractivity contribution in [3.05, 3.63) is 65.7 Å². The molecule has 2 aromatic carbocycles. The smallest absolute Gasteiger partial charge is 0.227 e. The van der Waals surface area contributed by atoms with Crippen LogP contribution in [0.25, 0.3) is 0 Å². The van der Waals surface area contributed by atoms with E-state index in [0.29, 0.717) is 21.5 Å². The molecule has 0 aliphatic rings. The monoisotopic (exact) mass is 423 g/mol. The van der Waals surface area contributed by atoms with E-state index in [4.69, 9.17) is 0 Å². The summed E-state index contributed by atoms with van der Waals surface area (Å²) in [7, 11) is 0. The Morgan fingerprint density at radius 1 is 1.04 bits per heavy atom. The van der Waals surface area contributed by atoms with Gasteiger partial charge in [0.1, 0.15) is 11.6 Å². The van der Waals surface area contributed by atoms with Gasteiger partial charge in [-0.3, -0.25) is 4.79 Å². The lowest BCUT2D eigenvalue weighted by Crippen LogP contribution is -2.11. The lowest BCUT2D eigenvalue weighted by Gasteiger charge is -2.03. The van der Waals surface area contributed by atoms with E-state index in [9.17, 15) is 13.6 Å². The molecule has 0 aliphatic carbocycles. The van der Waals surface area contributed by atoms with E-state index in [2.05, 4.69) is 15.5 Å². The van der Waals surface area contributed by atoms with Crippen molar-refractivity contribution in [2.45, 2.75) is 21.4 Å². The normalized spacial score (nSPS) is 10.7. The average Bonchev–Trinajstić information content (AvgIpc) is 3.10. The first-order valence-electron chi connectivity index (χ1n) is 7.98. The molecule has 0 bridgehead atoms. The van der Waals surface area contributed by atoms with Gasteiger partial charge >= 0.3 is 0 Å². The van der Waals surface area contributed by atoms with Gasteiger partial charge in [-0.2, -0.15) is 0 Å². The predicted molar refractivity (Wildman–Crippen MR) is 106 cm³/mol. The fraction of sp³-hybridized carbons (Fsp3) is 0.167. The predicted octanol–water partition coefficient (Wildman–Crippen LogP) is 5.23. The van der Waals surface area contributed by atoms with Crippen LogP contribution >= 0.6 is 34.9 Å². The Labute approximate surface area is 167 Å². The Morgan fingerprint density at radius 3 is 2.59 bits per heavy atom. The zero-order valence-electron chi connectivity index (χ0n) is 14.0. The van der Waals surface area contributed by atoms with Gasteiger partial charge in [-0.15, -0.1) is 22.0 Å². The third-order valence-electron chi connectivity index (χ3n) is 3.35. The summed E-state index contributed by atoms with van der Waals surface area (Å²) in [4.78, 5) is 12.5. The molecule has 0 spiro atoms. The van der Waals surface area contributed by atoms with Crippen molar-refractivity contribution in [2.24, 2.45) is 0 Å². The van der Waals surface area contributed by atoms with E-state index in [1.807, 2.05) is 0 Å². The summed E-state index contributed by atoms with van der Waals surface area (Å²) in [5.41, 5.74) is 0.979. The largest absolute Gasteiger partial charge is 0.300 e. The number of benzene rings is 2. The summed E-state index contributed by atoms with van der Waals surface area (Å²) in [6.07, 6.45) is 0.247. The van der Waals surface area contributed by atoms with Crippen LogP contribution in [-0.4, -0.2) is 21.9 Å². The minimum absolute atomic E-state index is 0.190. The number of amides is 1. The van der Waals surface area contributed by atoms with Crippen LogP contribution in [0.1, 0.15) is 12.0 Å². The van der Waals surface area contributed by atoms with E-state index in [1.165, 1.54) is 53.1 Å². The first-order chi connectivity index (χ1) is 13.1. The second kappa shape index (κ2) is 9.82. The van der Waals surface area contributed by atoms with Crippen molar-refractivity contribution in [3.63, 3.8) is 0 Å². The highest BCUT2D eigenvalue weighted by atomic mass is 32.2. The quantitative estimate of drug-likeness (QED) is 0.397. The minimum Gasteiger partial charge on any atom is -0.300 e. The number of nitrogens with one attached hydrogen (secondary N) is 1. The number of halogens is 2. The molecule has 0 saturated heterocycles. The van der Waals surface area contributed by atoms with Gasteiger partial charge in [-0.05, 0) is 29.8 Å². The van der Waals surface area contributed by atoms with Gasteiger partial charge in [0.05, 0.1) is 0 Å². The highest BCUT2D eigenvalue weighted by Crippen LogP contribution is 2.28. The van der Waals surface area contributed by atoms with Crippen molar-refractivity contribution in [1.29, 1.82) is 0 Å². The van der Waals surface area contributed by atoms with Crippen LogP contribution in [0.2, 0.25) is 0 Å². The van der Waals surface area contributed by atoms with Gasteiger partial charge in [0.25, 0.3) is 0 Å². The maximum absolute atomic E-state index is 13.5. The van der Waals surface area contributed by atoms with Crippen LogP contribution in [0.5, 0.6) is 0 Å². The Balaban J connectivity index is 1.42. The van der Waals surface area contributed by atoms with E-state index < -0.39 is 0 Å². The molecule has 3 aromatic rings. The van der Waals surface area contributed by atoms with Crippen LogP contribution < -0.4 is 5.32 Å². The summed E-state index contributed by atoms with van der Waals surface area (Å²) in [5, 5.41) is 11.1. The van der Waals surface area contributed by atoms with Gasteiger partial charge in [0, 0.05) is 22.8 Å². The number of rotatable bonds is 8. The molecule has 0 aliphatic heterocycles. The summed E-state index contributed by atoms with van der Waals surface area (Å²) in [6.45, 7) is 0. The van der Waals surface area contributed by atoms with E-state index in [-0.39, 0.29) is 24.0 Å². The molecular weight excluding hydrogens is 408 g/mol. The third kappa shape index (κ3) is 6.30. The Bertz CT molecular complexity index is 903. The highest BCUT2D eigenvalue weighted by molar-refractivity contribution is 8.00. The average molecular weight is 424 g/mol. The van der Waals surface area contributed by atoms with E-state index >= 15 is 0 Å². The maximum atomic E-state index is 13.5. The fourth-order valence-corrected chi connectivity index (χ4v) is 4.65. The topological polar surface area (TPSA) is 54.9 Å². The van der Waals surface area contributed by atoms with Gasteiger partial charge in [0.2, 0.25) is 11.0 Å². The van der Waals surface area contributed by atoms with Crippen LogP contribution in [0.4, 0.5) is 13.9 Å². The second-order valence-electron chi connectivity index (χ2n) is 5.37. The summed E-state index contributed by atoms with van der Waals surface area (Å²) in [5.74, 6) is 0.373. The van der Waals surface area contributed by atoms with Crippen LogP contribution in [0.15, 0.2) is 57.8 Å². The fourth-order valence-electron chi connectivity index (χ4n) is 2.04. The van der Waals surface area contributed by atoms with Gasteiger partial charge in [-0.1, -0.05) is 47.4 Å². The molecule has 140 valence electrons. The number of aromatic nitrogens is 2. The molecule has 3 rings (SSSR count). The number of hydrogen-bond acceptors (Lipinski definition) is 6. The van der Waals surface area contributed by atoms with Crippen molar-refractivity contribution < 1.29 is 13.6 Å². The highest BCUT2D eigenvalue weighted by Gasteiger charge is 2.10. The SMILES string of the molecule is O=C(CCSc1ccccc1F)Nc1nnc(SCc2ccc(F)cc2)s1. The van der Waals surface area contributed by atoms with Gasteiger partial charge in [-0.25, -0.2) is 8.78 Å². The Morgan fingerprint density at radius 2 is 1.81 bits per heavy atom. The van der Waals surface area contributed by atoms with E-state index in [1.54, 1.807) is 30.3 Å². The number of carbonyl (C=O) groups is 1. The maximum Gasteiger partial charge on any atom is 0.227 e. The van der Waals surface area contributed by atoms with Gasteiger partial charge < -0.3 is 5.32 Å². The van der Waals surface area contributed by atoms with Crippen molar-refractivity contribution in [2.75, 3.05) is 11.1 Å². The molecule has 4 nitrogen and oxygen atoms in total. The van der Waals surface area contributed by atoms with Crippen molar-refractivity contribution in [1.82, 2.24) is 10.2 Å². The number of anilines is 1. The molecule has 1 heterocycles.